The predicted octanol–water partition coefficient (Wildman–Crippen LogP) is 1.28. The molecule has 6 heteroatoms. The van der Waals surface area contributed by atoms with Gasteiger partial charge in [-0.15, -0.1) is 0 Å². The number of thioether (sulfide) groups is 1. The molecular formula is C16H25N3O2S. The second kappa shape index (κ2) is 9.12. The third-order valence-electron chi connectivity index (χ3n) is 3.96. The van der Waals surface area contributed by atoms with Crippen molar-refractivity contribution < 1.29 is 9.90 Å². The second-order valence-electron chi connectivity index (χ2n) is 5.72. The van der Waals surface area contributed by atoms with Crippen molar-refractivity contribution in [1.82, 2.24) is 15.2 Å². The van der Waals surface area contributed by atoms with Crippen molar-refractivity contribution in [3.8, 4) is 0 Å². The fourth-order valence-electron chi connectivity index (χ4n) is 2.64. The molecule has 2 N–H and O–H groups in total. The van der Waals surface area contributed by atoms with Crippen molar-refractivity contribution >= 4 is 17.7 Å². The molecule has 0 aromatic carbocycles. The first-order valence-corrected chi connectivity index (χ1v) is 9.17. The van der Waals surface area contributed by atoms with Crippen molar-refractivity contribution in [3.63, 3.8) is 0 Å². The van der Waals surface area contributed by atoms with Gasteiger partial charge >= 0.3 is 0 Å². The van der Waals surface area contributed by atoms with E-state index in [2.05, 4.69) is 21.3 Å². The highest BCUT2D eigenvalue weighted by molar-refractivity contribution is 7.98. The van der Waals surface area contributed by atoms with Gasteiger partial charge in [0, 0.05) is 38.1 Å². The smallest absolute Gasteiger partial charge is 0.249 e. The molecule has 0 bridgehead atoms. The SMILES string of the molecule is CSCCC(O)C(=O)NC1CCN(Cc2cccnc2)CC1. The number of piperidine rings is 1. The molecule has 1 amide bonds. The number of pyridine rings is 1. The molecule has 2 heterocycles. The van der Waals surface area contributed by atoms with Crippen molar-refractivity contribution in [3.05, 3.63) is 30.1 Å². The summed E-state index contributed by atoms with van der Waals surface area (Å²) < 4.78 is 0. The highest BCUT2D eigenvalue weighted by Crippen LogP contribution is 2.14. The van der Waals surface area contributed by atoms with E-state index in [1.165, 1.54) is 5.56 Å². The van der Waals surface area contributed by atoms with E-state index in [0.717, 1.165) is 38.2 Å². The van der Waals surface area contributed by atoms with Gasteiger partial charge in [0.1, 0.15) is 6.10 Å². The number of carbonyl (C=O) groups excluding carboxylic acids is 1. The summed E-state index contributed by atoms with van der Waals surface area (Å²) in [5, 5.41) is 12.8. The Morgan fingerprint density at radius 3 is 2.95 bits per heavy atom. The van der Waals surface area contributed by atoms with Gasteiger partial charge < -0.3 is 10.4 Å². The van der Waals surface area contributed by atoms with Crippen LogP contribution in [0.25, 0.3) is 0 Å². The summed E-state index contributed by atoms with van der Waals surface area (Å²) in [7, 11) is 0. The topological polar surface area (TPSA) is 65.5 Å². The Morgan fingerprint density at radius 1 is 1.55 bits per heavy atom. The lowest BCUT2D eigenvalue weighted by molar-refractivity contribution is -0.130. The number of likely N-dealkylation sites (tertiary alicyclic amines) is 1. The number of aromatic nitrogens is 1. The van der Waals surface area contributed by atoms with Crippen LogP contribution in [-0.4, -0.2) is 58.1 Å². The fraction of sp³-hybridized carbons (Fsp3) is 0.625. The number of carbonyl (C=O) groups is 1. The summed E-state index contributed by atoms with van der Waals surface area (Å²) in [6, 6.07) is 4.22. The zero-order valence-corrected chi connectivity index (χ0v) is 13.9. The molecule has 22 heavy (non-hydrogen) atoms. The molecular weight excluding hydrogens is 298 g/mol. The average molecular weight is 323 g/mol. The molecule has 5 nitrogen and oxygen atoms in total. The van der Waals surface area contributed by atoms with Crippen LogP contribution in [0.3, 0.4) is 0 Å². The maximum absolute atomic E-state index is 11.9. The normalized spacial score (nSPS) is 18.1. The molecule has 122 valence electrons. The largest absolute Gasteiger partial charge is 0.383 e. The highest BCUT2D eigenvalue weighted by Gasteiger charge is 2.23. The lowest BCUT2D eigenvalue weighted by Crippen LogP contribution is -2.47. The molecule has 0 saturated carbocycles. The molecule has 2 rings (SSSR count). The summed E-state index contributed by atoms with van der Waals surface area (Å²) >= 11 is 1.64. The Hall–Kier alpha value is -1.11. The summed E-state index contributed by atoms with van der Waals surface area (Å²) in [6.07, 6.45) is 7.17. The Kier molecular flexibility index (Phi) is 7.15. The maximum atomic E-state index is 11.9. The van der Waals surface area contributed by atoms with Gasteiger partial charge in [0.15, 0.2) is 0 Å². The fourth-order valence-corrected chi connectivity index (χ4v) is 3.10. The summed E-state index contributed by atoms with van der Waals surface area (Å²) in [6.45, 7) is 2.83. The zero-order chi connectivity index (χ0) is 15.8. The first-order valence-electron chi connectivity index (χ1n) is 7.77. The Morgan fingerprint density at radius 2 is 2.32 bits per heavy atom. The van der Waals surface area contributed by atoms with Crippen molar-refractivity contribution in [2.75, 3.05) is 25.1 Å². The summed E-state index contributed by atoms with van der Waals surface area (Å²) in [5.74, 6) is 0.581. The van der Waals surface area contributed by atoms with Gasteiger partial charge in [-0.2, -0.15) is 11.8 Å². The van der Waals surface area contributed by atoms with E-state index in [-0.39, 0.29) is 11.9 Å². The van der Waals surface area contributed by atoms with Crippen LogP contribution in [0.1, 0.15) is 24.8 Å². The van der Waals surface area contributed by atoms with Crippen LogP contribution in [0, 0.1) is 0 Å². The standard InChI is InChI=1S/C16H25N3O2S/c1-22-10-6-15(20)16(21)18-14-4-8-19(9-5-14)12-13-3-2-7-17-11-13/h2-3,7,11,14-15,20H,4-6,8-10,12H2,1H3,(H,18,21). The van der Waals surface area contributed by atoms with E-state index in [4.69, 9.17) is 0 Å². The third kappa shape index (κ3) is 5.59. The molecule has 1 aromatic rings. The quantitative estimate of drug-likeness (QED) is 0.791. The van der Waals surface area contributed by atoms with Gasteiger partial charge in [0.2, 0.25) is 5.91 Å². The molecule has 1 fully saturated rings. The molecule has 1 aromatic heterocycles. The van der Waals surface area contributed by atoms with E-state index >= 15 is 0 Å². The van der Waals surface area contributed by atoms with Gasteiger partial charge in [-0.1, -0.05) is 6.07 Å². The molecule has 0 radical (unpaired) electrons. The minimum absolute atomic E-state index is 0.182. The van der Waals surface area contributed by atoms with Gasteiger partial charge in [-0.25, -0.2) is 0 Å². The lowest BCUT2D eigenvalue weighted by atomic mass is 10.0. The molecule has 1 aliphatic rings. The minimum atomic E-state index is -0.874. The number of aliphatic hydroxyl groups is 1. The molecule has 1 atom stereocenters. The number of rotatable bonds is 7. The molecule has 0 spiro atoms. The number of nitrogens with one attached hydrogen (secondary N) is 1. The summed E-state index contributed by atoms with van der Waals surface area (Å²) in [5.41, 5.74) is 1.22. The van der Waals surface area contributed by atoms with Gasteiger partial charge in [0.05, 0.1) is 0 Å². The summed E-state index contributed by atoms with van der Waals surface area (Å²) in [4.78, 5) is 18.4. The number of hydrogen-bond donors (Lipinski definition) is 2. The van der Waals surface area contributed by atoms with E-state index in [1.807, 2.05) is 18.5 Å². The van der Waals surface area contributed by atoms with E-state index in [9.17, 15) is 9.90 Å². The Labute approximate surface area is 136 Å². The zero-order valence-electron chi connectivity index (χ0n) is 13.1. The third-order valence-corrected chi connectivity index (χ3v) is 4.60. The van der Waals surface area contributed by atoms with Crippen LogP contribution in [0.5, 0.6) is 0 Å². The van der Waals surface area contributed by atoms with Crippen LogP contribution in [0.4, 0.5) is 0 Å². The average Bonchev–Trinajstić information content (AvgIpc) is 2.55. The van der Waals surface area contributed by atoms with Gasteiger partial charge in [-0.3, -0.25) is 14.7 Å². The van der Waals surface area contributed by atoms with Crippen LogP contribution in [0.15, 0.2) is 24.5 Å². The maximum Gasteiger partial charge on any atom is 0.249 e. The first-order chi connectivity index (χ1) is 10.7. The number of aliphatic hydroxyl groups excluding tert-OH is 1. The van der Waals surface area contributed by atoms with Gasteiger partial charge in [-0.05, 0) is 42.9 Å². The molecule has 0 aliphatic carbocycles. The Bertz CT molecular complexity index is 450. The minimum Gasteiger partial charge on any atom is -0.383 e. The van der Waals surface area contributed by atoms with Crippen molar-refractivity contribution in [2.45, 2.75) is 38.0 Å². The van der Waals surface area contributed by atoms with E-state index in [0.29, 0.717) is 6.42 Å². The lowest BCUT2D eigenvalue weighted by Gasteiger charge is -2.32. The molecule has 1 saturated heterocycles. The van der Waals surface area contributed by atoms with E-state index in [1.54, 1.807) is 18.0 Å². The number of hydrogen-bond acceptors (Lipinski definition) is 5. The number of amides is 1. The van der Waals surface area contributed by atoms with Crippen LogP contribution >= 0.6 is 11.8 Å². The van der Waals surface area contributed by atoms with E-state index < -0.39 is 6.10 Å². The monoisotopic (exact) mass is 323 g/mol. The van der Waals surface area contributed by atoms with Crippen molar-refractivity contribution in [1.29, 1.82) is 0 Å². The molecule has 1 aliphatic heterocycles. The van der Waals surface area contributed by atoms with Crippen LogP contribution in [0.2, 0.25) is 0 Å². The van der Waals surface area contributed by atoms with Crippen LogP contribution < -0.4 is 5.32 Å². The number of nitrogens with zero attached hydrogens (tertiary/aromatic N) is 2. The molecule has 1 unspecified atom stereocenters. The highest BCUT2D eigenvalue weighted by atomic mass is 32.2. The van der Waals surface area contributed by atoms with Gasteiger partial charge in [0.25, 0.3) is 0 Å². The Balaban J connectivity index is 1.69. The first kappa shape index (κ1) is 17.2. The van der Waals surface area contributed by atoms with Crippen molar-refractivity contribution in [2.24, 2.45) is 0 Å². The predicted molar refractivity (Wildman–Crippen MR) is 89.7 cm³/mol. The van der Waals surface area contributed by atoms with Crippen LogP contribution in [-0.2, 0) is 11.3 Å². The second-order valence-corrected chi connectivity index (χ2v) is 6.70.